The number of rotatable bonds is 4. The van der Waals surface area contributed by atoms with E-state index in [1.165, 1.54) is 0 Å². The third-order valence-corrected chi connectivity index (χ3v) is 4.78. The van der Waals surface area contributed by atoms with E-state index in [1.54, 1.807) is 18.1 Å². The number of imidazole rings is 1. The number of hydrogen-bond acceptors (Lipinski definition) is 4. The molecule has 0 aliphatic heterocycles. The highest BCUT2D eigenvalue weighted by molar-refractivity contribution is 7.98. The first-order chi connectivity index (χ1) is 11.3. The zero-order valence-electron chi connectivity index (χ0n) is 12.0. The van der Waals surface area contributed by atoms with Gasteiger partial charge in [0.05, 0.1) is 5.69 Å². The summed E-state index contributed by atoms with van der Waals surface area (Å²) < 4.78 is 3.83. The Kier molecular flexibility index (Phi) is 3.77. The van der Waals surface area contributed by atoms with Gasteiger partial charge in [0.15, 0.2) is 5.16 Å². The Bertz CT molecular complexity index is 947. The lowest BCUT2D eigenvalue weighted by molar-refractivity contribution is 0.883. The number of pyridine rings is 1. The molecule has 1 aromatic carbocycles. The van der Waals surface area contributed by atoms with Crippen molar-refractivity contribution in [1.29, 1.82) is 0 Å². The van der Waals surface area contributed by atoms with Gasteiger partial charge in [-0.05, 0) is 24.3 Å². The van der Waals surface area contributed by atoms with E-state index in [0.29, 0.717) is 10.9 Å². The molecule has 0 aliphatic carbocycles. The molecule has 0 atom stereocenters. The predicted molar refractivity (Wildman–Crippen MR) is 91.1 cm³/mol. The van der Waals surface area contributed by atoms with E-state index in [-0.39, 0.29) is 0 Å². The fraction of sp³-hybridized carbons (Fsp3) is 0.0625. The summed E-state index contributed by atoms with van der Waals surface area (Å²) in [7, 11) is 0. The quantitative estimate of drug-likeness (QED) is 0.529. The number of fused-ring (bicyclic) bond motifs is 1. The van der Waals surface area contributed by atoms with Gasteiger partial charge in [-0.1, -0.05) is 47.6 Å². The Morgan fingerprint density at radius 3 is 2.70 bits per heavy atom. The van der Waals surface area contributed by atoms with Crippen molar-refractivity contribution in [1.82, 2.24) is 24.1 Å². The molecule has 0 amide bonds. The SMILES string of the molecule is Clc1c(CSc2nncn2-c2ccccc2)nc2ccccn12. The lowest BCUT2D eigenvalue weighted by atomic mass is 10.3. The molecule has 7 heteroatoms. The summed E-state index contributed by atoms with van der Waals surface area (Å²) in [6.45, 7) is 0. The lowest BCUT2D eigenvalue weighted by Crippen LogP contribution is -1.95. The van der Waals surface area contributed by atoms with Crippen molar-refractivity contribution >= 4 is 29.0 Å². The van der Waals surface area contributed by atoms with Crippen LogP contribution in [0, 0.1) is 0 Å². The molecule has 0 radical (unpaired) electrons. The van der Waals surface area contributed by atoms with Crippen LogP contribution >= 0.6 is 23.4 Å². The van der Waals surface area contributed by atoms with E-state index in [4.69, 9.17) is 11.6 Å². The number of benzene rings is 1. The fourth-order valence-corrected chi connectivity index (χ4v) is 3.52. The maximum atomic E-state index is 6.40. The van der Waals surface area contributed by atoms with Crippen LogP contribution in [-0.4, -0.2) is 24.1 Å². The number of hydrogen-bond donors (Lipinski definition) is 0. The molecule has 0 N–H and O–H groups in total. The van der Waals surface area contributed by atoms with E-state index in [9.17, 15) is 0 Å². The van der Waals surface area contributed by atoms with Crippen molar-refractivity contribution in [2.24, 2.45) is 0 Å². The second-order valence-corrected chi connectivity index (χ2v) is 6.19. The largest absolute Gasteiger partial charge is 0.290 e. The second kappa shape index (κ2) is 6.06. The summed E-state index contributed by atoms with van der Waals surface area (Å²) in [6.07, 6.45) is 3.62. The molecule has 0 saturated carbocycles. The average Bonchev–Trinajstić information content (AvgIpc) is 3.19. The number of nitrogens with zero attached hydrogens (tertiary/aromatic N) is 5. The average molecular weight is 342 g/mol. The summed E-state index contributed by atoms with van der Waals surface area (Å²) >= 11 is 7.96. The van der Waals surface area contributed by atoms with Crippen LogP contribution in [0.4, 0.5) is 0 Å². The summed E-state index contributed by atoms with van der Waals surface area (Å²) in [5.74, 6) is 0.631. The number of thioether (sulfide) groups is 1. The molecule has 3 aromatic heterocycles. The first-order valence-electron chi connectivity index (χ1n) is 7.02. The lowest BCUT2D eigenvalue weighted by Gasteiger charge is -2.05. The molecule has 23 heavy (non-hydrogen) atoms. The van der Waals surface area contributed by atoms with Gasteiger partial charge in [0.1, 0.15) is 17.1 Å². The van der Waals surface area contributed by atoms with Gasteiger partial charge < -0.3 is 0 Å². The molecule has 4 aromatic rings. The van der Waals surface area contributed by atoms with Crippen LogP contribution in [0.1, 0.15) is 5.69 Å². The molecule has 4 rings (SSSR count). The molecule has 5 nitrogen and oxygen atoms in total. The van der Waals surface area contributed by atoms with Crippen molar-refractivity contribution in [2.45, 2.75) is 10.9 Å². The molecular formula is C16H12ClN5S. The minimum absolute atomic E-state index is 0.631. The van der Waals surface area contributed by atoms with Gasteiger partial charge in [0.2, 0.25) is 0 Å². The number of halogens is 1. The molecule has 0 bridgehead atoms. The number of para-hydroxylation sites is 1. The van der Waals surface area contributed by atoms with Gasteiger partial charge in [-0.15, -0.1) is 10.2 Å². The Hall–Kier alpha value is -2.31. The predicted octanol–water partition coefficient (Wildman–Crippen LogP) is 3.86. The third-order valence-electron chi connectivity index (χ3n) is 3.43. The minimum Gasteiger partial charge on any atom is -0.290 e. The summed E-state index contributed by atoms with van der Waals surface area (Å²) in [5, 5.41) is 9.65. The Morgan fingerprint density at radius 2 is 1.87 bits per heavy atom. The van der Waals surface area contributed by atoms with Crippen LogP contribution in [0.3, 0.4) is 0 Å². The first kappa shape index (κ1) is 14.3. The van der Waals surface area contributed by atoms with E-state index >= 15 is 0 Å². The maximum absolute atomic E-state index is 6.40. The highest BCUT2D eigenvalue weighted by atomic mass is 35.5. The van der Waals surface area contributed by atoms with Crippen molar-refractivity contribution in [2.75, 3.05) is 0 Å². The molecule has 0 fully saturated rings. The summed E-state index contributed by atoms with van der Waals surface area (Å²) in [6, 6.07) is 15.8. The van der Waals surface area contributed by atoms with Gasteiger partial charge in [0.25, 0.3) is 0 Å². The third kappa shape index (κ3) is 2.71. The van der Waals surface area contributed by atoms with Gasteiger partial charge in [-0.3, -0.25) is 8.97 Å². The molecule has 0 aliphatic rings. The molecular weight excluding hydrogens is 330 g/mol. The van der Waals surface area contributed by atoms with Crippen LogP contribution in [0.25, 0.3) is 11.3 Å². The van der Waals surface area contributed by atoms with E-state index in [1.807, 2.05) is 63.7 Å². The molecule has 0 unspecified atom stereocenters. The highest BCUT2D eigenvalue weighted by Gasteiger charge is 2.13. The second-order valence-electron chi connectivity index (χ2n) is 4.89. The van der Waals surface area contributed by atoms with Gasteiger partial charge >= 0.3 is 0 Å². The van der Waals surface area contributed by atoms with Gasteiger partial charge in [-0.2, -0.15) is 0 Å². The summed E-state index contributed by atoms with van der Waals surface area (Å²) in [4.78, 5) is 4.57. The first-order valence-corrected chi connectivity index (χ1v) is 8.39. The monoisotopic (exact) mass is 341 g/mol. The van der Waals surface area contributed by atoms with Crippen molar-refractivity contribution in [3.63, 3.8) is 0 Å². The molecule has 114 valence electrons. The Labute approximate surface area is 142 Å². The standard InChI is InChI=1S/C16H12ClN5S/c17-15-13(19-14-8-4-5-9-21(14)15)10-23-16-20-18-11-22(16)12-6-2-1-3-7-12/h1-9,11H,10H2. The zero-order chi connectivity index (χ0) is 15.6. The highest BCUT2D eigenvalue weighted by Crippen LogP contribution is 2.27. The van der Waals surface area contributed by atoms with Crippen molar-refractivity contribution < 1.29 is 0 Å². The maximum Gasteiger partial charge on any atom is 0.195 e. The van der Waals surface area contributed by atoms with Crippen molar-refractivity contribution in [3.8, 4) is 5.69 Å². The van der Waals surface area contributed by atoms with Crippen LogP contribution in [0.2, 0.25) is 5.15 Å². The smallest absolute Gasteiger partial charge is 0.195 e. The van der Waals surface area contributed by atoms with Crippen molar-refractivity contribution in [3.05, 3.63) is 71.9 Å². The van der Waals surface area contributed by atoms with E-state index < -0.39 is 0 Å². The van der Waals surface area contributed by atoms with Crippen LogP contribution in [0.15, 0.2) is 66.2 Å². The minimum atomic E-state index is 0.631. The van der Waals surface area contributed by atoms with Crippen LogP contribution in [0.5, 0.6) is 0 Å². The Balaban J connectivity index is 1.60. The number of aromatic nitrogens is 5. The Morgan fingerprint density at radius 1 is 1.04 bits per heavy atom. The normalized spacial score (nSPS) is 11.2. The topological polar surface area (TPSA) is 48.0 Å². The fourth-order valence-electron chi connectivity index (χ4n) is 2.33. The van der Waals surface area contributed by atoms with E-state index in [0.717, 1.165) is 22.2 Å². The van der Waals surface area contributed by atoms with Crippen LogP contribution < -0.4 is 0 Å². The van der Waals surface area contributed by atoms with Crippen LogP contribution in [-0.2, 0) is 5.75 Å². The summed E-state index contributed by atoms with van der Waals surface area (Å²) in [5.41, 5.74) is 2.71. The van der Waals surface area contributed by atoms with Gasteiger partial charge in [0, 0.05) is 17.6 Å². The van der Waals surface area contributed by atoms with Gasteiger partial charge in [-0.25, -0.2) is 4.98 Å². The van der Waals surface area contributed by atoms with E-state index in [2.05, 4.69) is 15.2 Å². The molecule has 0 spiro atoms. The molecule has 3 heterocycles. The molecule has 0 saturated heterocycles. The zero-order valence-corrected chi connectivity index (χ0v) is 13.6.